The predicted octanol–water partition coefficient (Wildman–Crippen LogP) is 4.58. The molecule has 2 aromatic carbocycles. The number of aromatic nitrogens is 1. The van der Waals surface area contributed by atoms with Crippen LogP contribution in [0.25, 0.3) is 21.8 Å². The molecule has 1 aromatic heterocycles. The molecule has 0 fully saturated rings. The molecule has 0 atom stereocenters. The van der Waals surface area contributed by atoms with Crippen molar-refractivity contribution in [1.82, 2.24) is 4.98 Å². The lowest BCUT2D eigenvalue weighted by Gasteiger charge is -2.10. The van der Waals surface area contributed by atoms with Crippen molar-refractivity contribution >= 4 is 27.8 Å². The Morgan fingerprint density at radius 1 is 0.864 bits per heavy atom. The maximum atomic E-state index is 10.6. The number of nitrogens with zero attached hydrogens (tertiary/aromatic N) is 1. The van der Waals surface area contributed by atoms with Crippen LogP contribution in [0.5, 0.6) is 0 Å². The van der Waals surface area contributed by atoms with Crippen LogP contribution >= 0.6 is 0 Å². The smallest absolute Gasteiger partial charge is 0.303 e. The van der Waals surface area contributed by atoms with Crippen molar-refractivity contribution in [3.63, 3.8) is 0 Å². The summed E-state index contributed by atoms with van der Waals surface area (Å²) in [4.78, 5) is 15.3. The minimum Gasteiger partial charge on any atom is -0.481 e. The van der Waals surface area contributed by atoms with E-state index in [4.69, 9.17) is 10.1 Å². The van der Waals surface area contributed by atoms with Gasteiger partial charge in [-0.25, -0.2) is 4.98 Å². The first-order chi connectivity index (χ1) is 10.8. The van der Waals surface area contributed by atoms with Crippen LogP contribution in [0, 0.1) is 0 Å². The fourth-order valence-corrected chi connectivity index (χ4v) is 2.95. The SMILES string of the molecule is O=C(O)CCCCCc1c2ccccc2nc2ccccc12. The molecule has 0 saturated heterocycles. The zero-order chi connectivity index (χ0) is 15.4. The van der Waals surface area contributed by atoms with Crippen molar-refractivity contribution in [1.29, 1.82) is 0 Å². The van der Waals surface area contributed by atoms with Crippen molar-refractivity contribution in [3.05, 3.63) is 54.1 Å². The Hall–Kier alpha value is -2.42. The highest BCUT2D eigenvalue weighted by atomic mass is 16.4. The second-order valence-electron chi connectivity index (χ2n) is 5.58. The first kappa shape index (κ1) is 14.5. The van der Waals surface area contributed by atoms with Gasteiger partial charge < -0.3 is 5.11 Å². The first-order valence-electron chi connectivity index (χ1n) is 7.74. The number of benzene rings is 2. The van der Waals surface area contributed by atoms with Crippen LogP contribution in [-0.4, -0.2) is 16.1 Å². The molecule has 3 heteroatoms. The monoisotopic (exact) mass is 293 g/mol. The number of carbonyl (C=O) groups is 1. The van der Waals surface area contributed by atoms with Gasteiger partial charge in [0.25, 0.3) is 0 Å². The summed E-state index contributed by atoms with van der Waals surface area (Å²) in [5.41, 5.74) is 3.39. The summed E-state index contributed by atoms with van der Waals surface area (Å²) in [7, 11) is 0. The quantitative estimate of drug-likeness (QED) is 0.535. The van der Waals surface area contributed by atoms with Gasteiger partial charge in [-0.2, -0.15) is 0 Å². The number of carboxylic acid groups (broad SMARTS) is 1. The molecule has 0 spiro atoms. The Morgan fingerprint density at radius 3 is 2.05 bits per heavy atom. The third-order valence-corrected chi connectivity index (χ3v) is 4.02. The van der Waals surface area contributed by atoms with Crippen molar-refractivity contribution in [3.8, 4) is 0 Å². The number of aryl methyl sites for hydroxylation is 1. The van der Waals surface area contributed by atoms with Crippen molar-refractivity contribution in [2.75, 3.05) is 0 Å². The van der Waals surface area contributed by atoms with E-state index in [1.165, 1.54) is 16.3 Å². The lowest BCUT2D eigenvalue weighted by Crippen LogP contribution is -1.96. The lowest BCUT2D eigenvalue weighted by atomic mass is 9.97. The van der Waals surface area contributed by atoms with E-state index in [0.717, 1.165) is 36.7 Å². The van der Waals surface area contributed by atoms with E-state index in [2.05, 4.69) is 24.3 Å². The average molecular weight is 293 g/mol. The van der Waals surface area contributed by atoms with Crippen LogP contribution in [0.3, 0.4) is 0 Å². The topological polar surface area (TPSA) is 50.2 Å². The number of hydrogen-bond acceptors (Lipinski definition) is 2. The number of pyridine rings is 1. The second-order valence-corrected chi connectivity index (χ2v) is 5.58. The molecule has 0 bridgehead atoms. The van der Waals surface area contributed by atoms with E-state index in [1.807, 2.05) is 24.3 Å². The first-order valence-corrected chi connectivity index (χ1v) is 7.74. The summed E-state index contributed by atoms with van der Waals surface area (Å²) in [5.74, 6) is -0.709. The van der Waals surface area contributed by atoms with Gasteiger partial charge in [0.05, 0.1) is 11.0 Å². The zero-order valence-electron chi connectivity index (χ0n) is 12.5. The van der Waals surface area contributed by atoms with Gasteiger partial charge in [0.15, 0.2) is 0 Å². The van der Waals surface area contributed by atoms with E-state index in [9.17, 15) is 4.79 Å². The second kappa shape index (κ2) is 6.56. The molecule has 0 saturated carbocycles. The molecule has 3 aromatic rings. The van der Waals surface area contributed by atoms with Crippen LogP contribution in [0.1, 0.15) is 31.2 Å². The molecule has 3 nitrogen and oxygen atoms in total. The number of aliphatic carboxylic acids is 1. The number of fused-ring (bicyclic) bond motifs is 2. The molecule has 112 valence electrons. The van der Waals surface area contributed by atoms with Crippen molar-refractivity contribution < 1.29 is 9.90 Å². The van der Waals surface area contributed by atoms with Crippen molar-refractivity contribution in [2.24, 2.45) is 0 Å². The Balaban J connectivity index is 1.89. The van der Waals surface area contributed by atoms with Gasteiger partial charge in [0, 0.05) is 17.2 Å². The number of unbranched alkanes of at least 4 members (excludes halogenated alkanes) is 2. The van der Waals surface area contributed by atoms with Gasteiger partial charge in [-0.15, -0.1) is 0 Å². The van der Waals surface area contributed by atoms with Gasteiger partial charge in [0.2, 0.25) is 0 Å². The van der Waals surface area contributed by atoms with Crippen LogP contribution in [-0.2, 0) is 11.2 Å². The van der Waals surface area contributed by atoms with E-state index >= 15 is 0 Å². The minimum atomic E-state index is -0.709. The highest BCUT2D eigenvalue weighted by molar-refractivity contribution is 5.97. The molecule has 1 N–H and O–H groups in total. The Kier molecular flexibility index (Phi) is 4.33. The van der Waals surface area contributed by atoms with Gasteiger partial charge in [0.1, 0.15) is 0 Å². The third kappa shape index (κ3) is 3.08. The number of hydrogen-bond donors (Lipinski definition) is 1. The van der Waals surface area contributed by atoms with E-state index < -0.39 is 5.97 Å². The predicted molar refractivity (Wildman–Crippen MR) is 89.1 cm³/mol. The fourth-order valence-electron chi connectivity index (χ4n) is 2.95. The van der Waals surface area contributed by atoms with Crippen LogP contribution in [0.2, 0.25) is 0 Å². The number of para-hydroxylation sites is 2. The summed E-state index contributed by atoms with van der Waals surface area (Å²) in [5, 5.41) is 11.1. The van der Waals surface area contributed by atoms with E-state index in [1.54, 1.807) is 0 Å². The zero-order valence-corrected chi connectivity index (χ0v) is 12.5. The summed E-state index contributed by atoms with van der Waals surface area (Å²) in [6.07, 6.45) is 3.92. The number of carboxylic acids is 1. The fraction of sp³-hybridized carbons (Fsp3) is 0.263. The maximum Gasteiger partial charge on any atom is 0.303 e. The van der Waals surface area contributed by atoms with Crippen molar-refractivity contribution in [2.45, 2.75) is 32.1 Å². The summed E-state index contributed by atoms with van der Waals surface area (Å²) in [6.45, 7) is 0. The molecule has 0 amide bonds. The average Bonchev–Trinajstić information content (AvgIpc) is 2.53. The summed E-state index contributed by atoms with van der Waals surface area (Å²) >= 11 is 0. The van der Waals surface area contributed by atoms with E-state index in [0.29, 0.717) is 0 Å². The highest BCUT2D eigenvalue weighted by Gasteiger charge is 2.08. The number of rotatable bonds is 6. The molecule has 0 aliphatic rings. The molecule has 3 rings (SSSR count). The molecule has 0 unspecified atom stereocenters. The minimum absolute atomic E-state index is 0.262. The van der Waals surface area contributed by atoms with Gasteiger partial charge in [-0.05, 0) is 37.0 Å². The summed E-state index contributed by atoms with van der Waals surface area (Å²) < 4.78 is 0. The molecular formula is C19H19NO2. The van der Waals surface area contributed by atoms with Gasteiger partial charge >= 0.3 is 5.97 Å². The molecule has 1 heterocycles. The molecule has 0 radical (unpaired) electrons. The Bertz CT molecular complexity index is 757. The Labute approximate surface area is 129 Å². The standard InChI is InChI=1S/C19H19NO2/c21-19(22)13-3-1-2-8-14-15-9-4-6-11-17(15)20-18-12-7-5-10-16(14)18/h4-7,9-12H,1-3,8,13H2,(H,21,22). The van der Waals surface area contributed by atoms with Crippen LogP contribution < -0.4 is 0 Å². The molecular weight excluding hydrogens is 274 g/mol. The van der Waals surface area contributed by atoms with E-state index in [-0.39, 0.29) is 6.42 Å². The normalized spacial score (nSPS) is 11.1. The summed E-state index contributed by atoms with van der Waals surface area (Å²) in [6, 6.07) is 16.5. The van der Waals surface area contributed by atoms with Crippen LogP contribution in [0.4, 0.5) is 0 Å². The molecule has 0 aliphatic carbocycles. The van der Waals surface area contributed by atoms with Gasteiger partial charge in [-0.1, -0.05) is 42.8 Å². The largest absolute Gasteiger partial charge is 0.481 e. The molecule has 0 aliphatic heterocycles. The third-order valence-electron chi connectivity index (χ3n) is 4.02. The highest BCUT2D eigenvalue weighted by Crippen LogP contribution is 2.27. The Morgan fingerprint density at radius 2 is 1.45 bits per heavy atom. The molecule has 22 heavy (non-hydrogen) atoms. The maximum absolute atomic E-state index is 10.6. The van der Waals surface area contributed by atoms with Gasteiger partial charge in [-0.3, -0.25) is 4.79 Å². The van der Waals surface area contributed by atoms with Crippen LogP contribution in [0.15, 0.2) is 48.5 Å². The lowest BCUT2D eigenvalue weighted by molar-refractivity contribution is -0.137.